The summed E-state index contributed by atoms with van der Waals surface area (Å²) in [7, 11) is 0. The monoisotopic (exact) mass is 307 g/mol. The fourth-order valence-corrected chi connectivity index (χ4v) is 4.77. The molecule has 0 spiro atoms. The Bertz CT molecular complexity index is 572. The first kappa shape index (κ1) is 14.6. The zero-order valence-electron chi connectivity index (χ0n) is 12.3. The number of hydrogen-bond donors (Lipinski definition) is 2. The Kier molecular flexibility index (Phi) is 3.78. The third-order valence-corrected chi connectivity index (χ3v) is 5.92. The van der Waals surface area contributed by atoms with E-state index in [1.807, 2.05) is 5.38 Å². The molecule has 0 saturated heterocycles. The van der Waals surface area contributed by atoms with E-state index in [1.165, 1.54) is 4.88 Å². The lowest BCUT2D eigenvalue weighted by molar-refractivity contribution is -0.144. The zero-order chi connectivity index (χ0) is 15.0. The maximum absolute atomic E-state index is 12.6. The van der Waals surface area contributed by atoms with Gasteiger partial charge in [0, 0.05) is 10.3 Å². The second kappa shape index (κ2) is 5.44. The highest BCUT2D eigenvalue weighted by Gasteiger charge is 2.43. The third-order valence-electron chi connectivity index (χ3n) is 4.87. The largest absolute Gasteiger partial charge is 0.480 e. The lowest BCUT2D eigenvalue weighted by Gasteiger charge is -2.26. The van der Waals surface area contributed by atoms with Crippen LogP contribution < -0.4 is 5.32 Å². The zero-order valence-corrected chi connectivity index (χ0v) is 13.1. The van der Waals surface area contributed by atoms with Crippen molar-refractivity contribution in [2.24, 2.45) is 5.92 Å². The molecule has 2 aliphatic carbocycles. The van der Waals surface area contributed by atoms with E-state index < -0.39 is 11.5 Å². The van der Waals surface area contributed by atoms with Crippen LogP contribution in [0.2, 0.25) is 0 Å². The Balaban J connectivity index is 1.82. The van der Waals surface area contributed by atoms with Gasteiger partial charge in [0.25, 0.3) is 5.91 Å². The first-order valence-electron chi connectivity index (χ1n) is 7.67. The van der Waals surface area contributed by atoms with Crippen LogP contribution in [0, 0.1) is 5.92 Å². The van der Waals surface area contributed by atoms with Crippen molar-refractivity contribution in [2.75, 3.05) is 0 Å². The number of carboxylic acids is 1. The van der Waals surface area contributed by atoms with Crippen molar-refractivity contribution in [3.63, 3.8) is 0 Å². The maximum Gasteiger partial charge on any atom is 0.329 e. The normalized spacial score (nSPS) is 23.6. The van der Waals surface area contributed by atoms with Crippen LogP contribution in [-0.2, 0) is 17.6 Å². The molecule has 1 unspecified atom stereocenters. The molecule has 1 aromatic rings. The highest BCUT2D eigenvalue weighted by atomic mass is 32.1. The molecule has 1 aromatic heterocycles. The topological polar surface area (TPSA) is 66.4 Å². The van der Waals surface area contributed by atoms with E-state index in [0.29, 0.717) is 24.3 Å². The predicted molar refractivity (Wildman–Crippen MR) is 81.8 cm³/mol. The van der Waals surface area contributed by atoms with Crippen molar-refractivity contribution in [3.05, 3.63) is 21.4 Å². The SMILES string of the molecule is CC1CCc2c(C(=O)NC3(C(=O)O)CCCC3)csc2C1. The van der Waals surface area contributed by atoms with Crippen molar-refractivity contribution < 1.29 is 14.7 Å². The Morgan fingerprint density at radius 3 is 2.76 bits per heavy atom. The molecule has 1 amide bonds. The summed E-state index contributed by atoms with van der Waals surface area (Å²) in [5, 5.41) is 14.2. The van der Waals surface area contributed by atoms with E-state index in [0.717, 1.165) is 37.7 Å². The van der Waals surface area contributed by atoms with E-state index in [1.54, 1.807) is 11.3 Å². The molecule has 0 radical (unpaired) electrons. The lowest BCUT2D eigenvalue weighted by Crippen LogP contribution is -2.52. The van der Waals surface area contributed by atoms with Gasteiger partial charge >= 0.3 is 5.97 Å². The highest BCUT2D eigenvalue weighted by Crippen LogP contribution is 2.34. The van der Waals surface area contributed by atoms with Crippen LogP contribution >= 0.6 is 11.3 Å². The van der Waals surface area contributed by atoms with Crippen LogP contribution in [-0.4, -0.2) is 22.5 Å². The molecule has 0 aliphatic heterocycles. The van der Waals surface area contributed by atoms with Crippen molar-refractivity contribution in [1.29, 1.82) is 0 Å². The molecule has 2 aliphatic rings. The van der Waals surface area contributed by atoms with Gasteiger partial charge in [-0.2, -0.15) is 0 Å². The summed E-state index contributed by atoms with van der Waals surface area (Å²) in [4.78, 5) is 25.4. The van der Waals surface area contributed by atoms with Gasteiger partial charge in [0.15, 0.2) is 0 Å². The molecule has 114 valence electrons. The van der Waals surface area contributed by atoms with E-state index in [4.69, 9.17) is 0 Å². The second-order valence-corrected chi connectivity index (χ2v) is 7.41. The van der Waals surface area contributed by atoms with Crippen LogP contribution in [0.3, 0.4) is 0 Å². The van der Waals surface area contributed by atoms with Crippen LogP contribution in [0.25, 0.3) is 0 Å². The van der Waals surface area contributed by atoms with Crippen molar-refractivity contribution in [2.45, 2.75) is 57.4 Å². The molecule has 1 heterocycles. The standard InChI is InChI=1S/C16H21NO3S/c1-10-4-5-11-12(9-21-13(11)8-10)14(18)17-16(15(19)20)6-2-3-7-16/h9-10H,2-8H2,1H3,(H,17,18)(H,19,20). The quantitative estimate of drug-likeness (QED) is 0.902. The first-order valence-corrected chi connectivity index (χ1v) is 8.55. The molecule has 3 rings (SSSR count). The van der Waals surface area contributed by atoms with Gasteiger partial charge in [-0.05, 0) is 43.6 Å². The minimum absolute atomic E-state index is 0.202. The first-order chi connectivity index (χ1) is 10.0. The molecular formula is C16H21NO3S. The number of hydrogen-bond acceptors (Lipinski definition) is 3. The summed E-state index contributed by atoms with van der Waals surface area (Å²) in [6, 6.07) is 0. The van der Waals surface area contributed by atoms with E-state index in [9.17, 15) is 14.7 Å². The number of carbonyl (C=O) groups excluding carboxylic acids is 1. The van der Waals surface area contributed by atoms with Crippen LogP contribution in [0.4, 0.5) is 0 Å². The molecule has 21 heavy (non-hydrogen) atoms. The number of fused-ring (bicyclic) bond motifs is 1. The Hall–Kier alpha value is -1.36. The van der Waals surface area contributed by atoms with Crippen LogP contribution in [0.5, 0.6) is 0 Å². The summed E-state index contributed by atoms with van der Waals surface area (Å²) in [5.74, 6) is -0.426. The Morgan fingerprint density at radius 1 is 1.38 bits per heavy atom. The number of carbonyl (C=O) groups is 2. The summed E-state index contributed by atoms with van der Waals surface area (Å²) in [5.41, 5.74) is 0.803. The number of nitrogens with one attached hydrogen (secondary N) is 1. The molecular weight excluding hydrogens is 286 g/mol. The van der Waals surface area contributed by atoms with E-state index >= 15 is 0 Å². The smallest absolute Gasteiger partial charge is 0.329 e. The van der Waals surface area contributed by atoms with E-state index in [2.05, 4.69) is 12.2 Å². The minimum atomic E-state index is -1.05. The number of carboxylic acid groups (broad SMARTS) is 1. The van der Waals surface area contributed by atoms with Gasteiger partial charge in [-0.25, -0.2) is 4.79 Å². The van der Waals surface area contributed by atoms with Crippen LogP contribution in [0.1, 0.15) is 59.8 Å². The summed E-state index contributed by atoms with van der Waals surface area (Å²) in [6.45, 7) is 2.24. The van der Waals surface area contributed by atoms with Crippen LogP contribution in [0.15, 0.2) is 5.38 Å². The van der Waals surface area contributed by atoms with Gasteiger partial charge < -0.3 is 10.4 Å². The second-order valence-electron chi connectivity index (χ2n) is 6.45. The average Bonchev–Trinajstić information content (AvgIpc) is 3.05. The number of thiophene rings is 1. The van der Waals surface area contributed by atoms with Gasteiger partial charge in [0.05, 0.1) is 5.56 Å². The summed E-state index contributed by atoms with van der Waals surface area (Å²) in [6.07, 6.45) is 5.89. The highest BCUT2D eigenvalue weighted by molar-refractivity contribution is 7.10. The van der Waals surface area contributed by atoms with Gasteiger partial charge in [-0.15, -0.1) is 11.3 Å². The molecule has 1 saturated carbocycles. The Labute approximate surface area is 128 Å². The van der Waals surface area contributed by atoms with Crippen molar-refractivity contribution in [1.82, 2.24) is 5.32 Å². The summed E-state index contributed by atoms with van der Waals surface area (Å²) >= 11 is 1.64. The van der Waals surface area contributed by atoms with Crippen molar-refractivity contribution >= 4 is 23.2 Å². The number of aliphatic carboxylic acids is 1. The number of rotatable bonds is 3. The van der Waals surface area contributed by atoms with Gasteiger partial charge in [0.2, 0.25) is 0 Å². The lowest BCUT2D eigenvalue weighted by atomic mass is 9.88. The average molecular weight is 307 g/mol. The fourth-order valence-electron chi connectivity index (χ4n) is 3.52. The molecule has 1 atom stereocenters. The van der Waals surface area contributed by atoms with Gasteiger partial charge in [0.1, 0.15) is 5.54 Å². The maximum atomic E-state index is 12.6. The molecule has 0 aromatic carbocycles. The number of amides is 1. The molecule has 1 fully saturated rings. The third kappa shape index (κ3) is 2.59. The molecule has 5 heteroatoms. The molecule has 0 bridgehead atoms. The van der Waals surface area contributed by atoms with Gasteiger partial charge in [-0.3, -0.25) is 4.79 Å². The minimum Gasteiger partial charge on any atom is -0.480 e. The van der Waals surface area contributed by atoms with Crippen molar-refractivity contribution in [3.8, 4) is 0 Å². The predicted octanol–water partition coefficient (Wildman–Crippen LogP) is 3.00. The fraction of sp³-hybridized carbons (Fsp3) is 0.625. The summed E-state index contributed by atoms with van der Waals surface area (Å²) < 4.78 is 0. The van der Waals surface area contributed by atoms with E-state index in [-0.39, 0.29) is 5.91 Å². The Morgan fingerprint density at radius 2 is 2.10 bits per heavy atom. The van der Waals surface area contributed by atoms with Gasteiger partial charge in [-0.1, -0.05) is 19.8 Å². The molecule has 2 N–H and O–H groups in total. The molecule has 4 nitrogen and oxygen atoms in total.